The van der Waals surface area contributed by atoms with Crippen molar-refractivity contribution in [1.82, 2.24) is 29.7 Å². The fourth-order valence-corrected chi connectivity index (χ4v) is 4.26. The second-order valence-electron chi connectivity index (χ2n) is 7.06. The Labute approximate surface area is 150 Å². The number of aromatic nitrogens is 6. The SMILES string of the molecule is N#CCC1CCC(n2c(-c3cn[nH]c3)nc3cnc4[nH]ccc4c32)CC1. The van der Waals surface area contributed by atoms with Gasteiger partial charge in [-0.3, -0.25) is 5.10 Å². The van der Waals surface area contributed by atoms with Gasteiger partial charge in [-0.15, -0.1) is 0 Å². The topological polar surface area (TPSA) is 99.0 Å². The molecule has 0 aliphatic heterocycles. The molecule has 0 aromatic carbocycles. The maximum Gasteiger partial charge on any atom is 0.144 e. The molecule has 0 amide bonds. The summed E-state index contributed by atoms with van der Waals surface area (Å²) in [5, 5.41) is 17.1. The third-order valence-electron chi connectivity index (χ3n) is 5.55. The van der Waals surface area contributed by atoms with Crippen molar-refractivity contribution in [3.05, 3.63) is 30.9 Å². The lowest BCUT2D eigenvalue weighted by molar-refractivity contribution is 0.283. The molecule has 130 valence electrons. The van der Waals surface area contributed by atoms with E-state index in [1.54, 1.807) is 0 Å². The fraction of sp³-hybridized carbons (Fsp3) is 0.368. The van der Waals surface area contributed by atoms with Gasteiger partial charge in [-0.1, -0.05) is 0 Å². The van der Waals surface area contributed by atoms with E-state index in [1.807, 2.05) is 24.8 Å². The Bertz CT molecular complexity index is 1090. The van der Waals surface area contributed by atoms with Crippen LogP contribution < -0.4 is 0 Å². The Hall–Kier alpha value is -3.14. The number of H-pyrrole nitrogens is 2. The van der Waals surface area contributed by atoms with Gasteiger partial charge in [-0.2, -0.15) is 10.4 Å². The molecular weight excluding hydrogens is 326 g/mol. The van der Waals surface area contributed by atoms with Crippen molar-refractivity contribution in [2.24, 2.45) is 5.92 Å². The van der Waals surface area contributed by atoms with Gasteiger partial charge < -0.3 is 9.55 Å². The molecule has 5 rings (SSSR count). The summed E-state index contributed by atoms with van der Waals surface area (Å²) in [5.41, 5.74) is 3.92. The Balaban J connectivity index is 1.68. The van der Waals surface area contributed by atoms with E-state index in [9.17, 15) is 0 Å². The van der Waals surface area contributed by atoms with Crippen LogP contribution in [0.1, 0.15) is 38.1 Å². The molecule has 2 N–H and O–H groups in total. The highest BCUT2D eigenvalue weighted by molar-refractivity contribution is 6.02. The number of hydrogen-bond acceptors (Lipinski definition) is 4. The monoisotopic (exact) mass is 345 g/mol. The minimum atomic E-state index is 0.375. The smallest absolute Gasteiger partial charge is 0.144 e. The van der Waals surface area contributed by atoms with E-state index in [-0.39, 0.29) is 0 Å². The first-order chi connectivity index (χ1) is 12.8. The van der Waals surface area contributed by atoms with Crippen LogP contribution in [0.4, 0.5) is 0 Å². The molecule has 0 radical (unpaired) electrons. The van der Waals surface area contributed by atoms with Crippen molar-refractivity contribution in [3.8, 4) is 17.5 Å². The third-order valence-corrected chi connectivity index (χ3v) is 5.55. The molecule has 4 heterocycles. The van der Waals surface area contributed by atoms with Crippen molar-refractivity contribution in [3.63, 3.8) is 0 Å². The lowest BCUT2D eigenvalue weighted by Crippen LogP contribution is -2.18. The Morgan fingerprint density at radius 1 is 1.23 bits per heavy atom. The highest BCUT2D eigenvalue weighted by Crippen LogP contribution is 2.39. The van der Waals surface area contributed by atoms with Gasteiger partial charge in [-0.05, 0) is 37.7 Å². The van der Waals surface area contributed by atoms with Crippen molar-refractivity contribution < 1.29 is 0 Å². The quantitative estimate of drug-likeness (QED) is 0.587. The first kappa shape index (κ1) is 15.1. The van der Waals surface area contributed by atoms with Crippen molar-refractivity contribution in [1.29, 1.82) is 5.26 Å². The zero-order valence-electron chi connectivity index (χ0n) is 14.3. The summed E-state index contributed by atoms with van der Waals surface area (Å²) in [4.78, 5) is 12.6. The normalized spacial score (nSPS) is 20.6. The summed E-state index contributed by atoms with van der Waals surface area (Å²) < 4.78 is 2.38. The Kier molecular flexibility index (Phi) is 3.49. The van der Waals surface area contributed by atoms with Crippen LogP contribution in [0.5, 0.6) is 0 Å². The predicted molar refractivity (Wildman–Crippen MR) is 98.2 cm³/mol. The number of fused-ring (bicyclic) bond motifs is 3. The van der Waals surface area contributed by atoms with Crippen LogP contribution >= 0.6 is 0 Å². The van der Waals surface area contributed by atoms with E-state index in [0.717, 1.165) is 59.1 Å². The molecule has 1 saturated carbocycles. The van der Waals surface area contributed by atoms with Crippen molar-refractivity contribution >= 4 is 22.1 Å². The van der Waals surface area contributed by atoms with E-state index < -0.39 is 0 Å². The van der Waals surface area contributed by atoms with Gasteiger partial charge in [0, 0.05) is 30.2 Å². The van der Waals surface area contributed by atoms with Gasteiger partial charge in [0.2, 0.25) is 0 Å². The first-order valence-electron chi connectivity index (χ1n) is 9.05. The first-order valence-corrected chi connectivity index (χ1v) is 9.05. The van der Waals surface area contributed by atoms with E-state index in [0.29, 0.717) is 18.4 Å². The van der Waals surface area contributed by atoms with Crippen molar-refractivity contribution in [2.45, 2.75) is 38.1 Å². The zero-order chi connectivity index (χ0) is 17.5. The number of aromatic amines is 2. The van der Waals surface area contributed by atoms with Crippen LogP contribution in [0, 0.1) is 17.2 Å². The summed E-state index contributed by atoms with van der Waals surface area (Å²) in [6, 6.07) is 4.78. The van der Waals surface area contributed by atoms with E-state index >= 15 is 0 Å². The highest BCUT2D eigenvalue weighted by Gasteiger charge is 2.27. The second kappa shape index (κ2) is 5.99. The molecule has 0 bridgehead atoms. The van der Waals surface area contributed by atoms with Crippen LogP contribution in [-0.2, 0) is 0 Å². The number of nitriles is 1. The lowest BCUT2D eigenvalue weighted by atomic mass is 9.84. The molecule has 0 atom stereocenters. The standard InChI is InChI=1S/C19H19N7/c20-7-5-12-1-3-14(4-2-12)26-17-15-6-8-21-18(15)22-11-16(17)25-19(26)13-9-23-24-10-13/h6,8-12,14H,1-5H2,(H,21,22)(H,23,24). The Morgan fingerprint density at radius 3 is 2.88 bits per heavy atom. The van der Waals surface area contributed by atoms with E-state index in [4.69, 9.17) is 10.2 Å². The molecule has 4 aromatic heterocycles. The molecule has 7 nitrogen and oxygen atoms in total. The number of hydrogen-bond donors (Lipinski definition) is 2. The van der Waals surface area contributed by atoms with Gasteiger partial charge in [0.05, 0.1) is 29.5 Å². The van der Waals surface area contributed by atoms with E-state index in [1.165, 1.54) is 0 Å². The summed E-state index contributed by atoms with van der Waals surface area (Å²) >= 11 is 0. The molecular formula is C19H19N7. The summed E-state index contributed by atoms with van der Waals surface area (Å²) in [6.45, 7) is 0. The zero-order valence-corrected chi connectivity index (χ0v) is 14.3. The minimum Gasteiger partial charge on any atom is -0.346 e. The minimum absolute atomic E-state index is 0.375. The number of nitrogens with zero attached hydrogens (tertiary/aromatic N) is 5. The van der Waals surface area contributed by atoms with E-state index in [2.05, 4.69) is 36.9 Å². The molecule has 0 spiro atoms. The second-order valence-corrected chi connectivity index (χ2v) is 7.06. The summed E-state index contributed by atoms with van der Waals surface area (Å²) in [7, 11) is 0. The van der Waals surface area contributed by atoms with Gasteiger partial charge in [0.15, 0.2) is 0 Å². The molecule has 0 saturated heterocycles. The maximum absolute atomic E-state index is 8.99. The molecule has 7 heteroatoms. The average molecular weight is 345 g/mol. The van der Waals surface area contributed by atoms with Crippen LogP contribution in [0.25, 0.3) is 33.5 Å². The number of rotatable bonds is 3. The fourth-order valence-electron chi connectivity index (χ4n) is 4.26. The van der Waals surface area contributed by atoms with Crippen LogP contribution in [-0.4, -0.2) is 29.7 Å². The molecule has 1 aliphatic carbocycles. The number of nitrogens with one attached hydrogen (secondary N) is 2. The molecule has 26 heavy (non-hydrogen) atoms. The maximum atomic E-state index is 8.99. The predicted octanol–water partition coefficient (Wildman–Crippen LogP) is 3.95. The average Bonchev–Trinajstić information content (AvgIpc) is 3.40. The van der Waals surface area contributed by atoms with Gasteiger partial charge in [-0.25, -0.2) is 9.97 Å². The Morgan fingerprint density at radius 2 is 2.12 bits per heavy atom. The van der Waals surface area contributed by atoms with Crippen molar-refractivity contribution in [2.75, 3.05) is 0 Å². The van der Waals surface area contributed by atoms with Crippen LogP contribution in [0.2, 0.25) is 0 Å². The lowest BCUT2D eigenvalue weighted by Gasteiger charge is -2.29. The number of pyridine rings is 1. The van der Waals surface area contributed by atoms with Gasteiger partial charge >= 0.3 is 0 Å². The van der Waals surface area contributed by atoms with Gasteiger partial charge in [0.25, 0.3) is 0 Å². The third kappa shape index (κ3) is 2.30. The molecule has 0 unspecified atom stereocenters. The van der Waals surface area contributed by atoms with Gasteiger partial charge in [0.1, 0.15) is 17.0 Å². The highest BCUT2D eigenvalue weighted by atomic mass is 15.1. The van der Waals surface area contributed by atoms with Crippen LogP contribution in [0.3, 0.4) is 0 Å². The largest absolute Gasteiger partial charge is 0.346 e. The number of imidazole rings is 1. The summed E-state index contributed by atoms with van der Waals surface area (Å²) in [6.07, 6.45) is 12.5. The summed E-state index contributed by atoms with van der Waals surface area (Å²) in [5.74, 6) is 1.46. The molecule has 1 aliphatic rings. The molecule has 1 fully saturated rings. The van der Waals surface area contributed by atoms with Crippen LogP contribution in [0.15, 0.2) is 30.9 Å². The molecule has 4 aromatic rings.